The fourth-order valence-electron chi connectivity index (χ4n) is 3.26. The maximum atomic E-state index is 5.75. The Morgan fingerprint density at radius 2 is 1.83 bits per heavy atom. The van der Waals surface area contributed by atoms with Crippen molar-refractivity contribution in [3.05, 3.63) is 53.1 Å². The van der Waals surface area contributed by atoms with Crippen LogP contribution in [0.3, 0.4) is 0 Å². The third kappa shape index (κ3) is 3.49. The van der Waals surface area contributed by atoms with Crippen molar-refractivity contribution in [1.82, 2.24) is 5.32 Å². The highest BCUT2D eigenvalue weighted by molar-refractivity contribution is 5.50. The Hall–Kier alpha value is -2.20. The van der Waals surface area contributed by atoms with E-state index in [1.807, 2.05) is 19.1 Å². The van der Waals surface area contributed by atoms with Gasteiger partial charge in [0.25, 0.3) is 0 Å². The van der Waals surface area contributed by atoms with Crippen LogP contribution in [0.5, 0.6) is 17.2 Å². The predicted molar refractivity (Wildman–Crippen MR) is 95.3 cm³/mol. The van der Waals surface area contributed by atoms with Gasteiger partial charge in [-0.25, -0.2) is 0 Å². The molecule has 24 heavy (non-hydrogen) atoms. The van der Waals surface area contributed by atoms with Gasteiger partial charge in [0.1, 0.15) is 5.75 Å². The van der Waals surface area contributed by atoms with Gasteiger partial charge in [-0.1, -0.05) is 12.1 Å². The maximum Gasteiger partial charge on any atom is 0.161 e. The molecule has 0 amide bonds. The first kappa shape index (κ1) is 16.7. The van der Waals surface area contributed by atoms with Crippen molar-refractivity contribution >= 4 is 0 Å². The van der Waals surface area contributed by atoms with Gasteiger partial charge in [0.15, 0.2) is 11.5 Å². The molecule has 2 aromatic rings. The van der Waals surface area contributed by atoms with E-state index in [9.17, 15) is 0 Å². The number of hydrogen-bond donors (Lipinski definition) is 1. The van der Waals surface area contributed by atoms with E-state index in [4.69, 9.17) is 14.2 Å². The van der Waals surface area contributed by atoms with Crippen molar-refractivity contribution in [2.24, 2.45) is 0 Å². The monoisotopic (exact) mass is 327 g/mol. The molecule has 2 aromatic carbocycles. The van der Waals surface area contributed by atoms with Crippen LogP contribution in [0.4, 0.5) is 0 Å². The summed E-state index contributed by atoms with van der Waals surface area (Å²) in [7, 11) is 3.39. The van der Waals surface area contributed by atoms with Crippen molar-refractivity contribution in [2.45, 2.75) is 25.8 Å². The van der Waals surface area contributed by atoms with Gasteiger partial charge in [0.05, 0.1) is 20.8 Å². The van der Waals surface area contributed by atoms with E-state index in [-0.39, 0.29) is 6.04 Å². The van der Waals surface area contributed by atoms with Crippen LogP contribution in [0.2, 0.25) is 0 Å². The summed E-state index contributed by atoms with van der Waals surface area (Å²) in [6.07, 6.45) is 1.95. The molecule has 0 aromatic heterocycles. The second-order valence-electron chi connectivity index (χ2n) is 5.94. The number of rotatable bonds is 6. The van der Waals surface area contributed by atoms with Gasteiger partial charge in [-0.2, -0.15) is 0 Å². The summed E-state index contributed by atoms with van der Waals surface area (Å²) in [5.74, 6) is 2.53. The zero-order valence-corrected chi connectivity index (χ0v) is 14.6. The molecule has 1 aliphatic rings. The molecule has 0 saturated carbocycles. The minimum atomic E-state index is 0.284. The first-order valence-electron chi connectivity index (χ1n) is 8.45. The second kappa shape index (κ2) is 7.58. The molecule has 1 unspecified atom stereocenters. The van der Waals surface area contributed by atoms with Crippen LogP contribution in [0.1, 0.15) is 29.7 Å². The van der Waals surface area contributed by atoms with Crippen LogP contribution in [0.25, 0.3) is 0 Å². The van der Waals surface area contributed by atoms with E-state index in [1.54, 1.807) is 14.2 Å². The van der Waals surface area contributed by atoms with Gasteiger partial charge in [-0.3, -0.25) is 0 Å². The Morgan fingerprint density at radius 1 is 1.04 bits per heavy atom. The molecule has 1 N–H and O–H groups in total. The molecule has 4 nitrogen and oxygen atoms in total. The summed E-state index contributed by atoms with van der Waals surface area (Å²) in [5, 5.41) is 3.63. The molecule has 0 bridgehead atoms. The largest absolute Gasteiger partial charge is 0.497 e. The smallest absolute Gasteiger partial charge is 0.161 e. The average molecular weight is 327 g/mol. The van der Waals surface area contributed by atoms with Crippen LogP contribution in [0.15, 0.2) is 36.4 Å². The summed E-state index contributed by atoms with van der Waals surface area (Å²) in [4.78, 5) is 0. The van der Waals surface area contributed by atoms with E-state index in [2.05, 4.69) is 29.6 Å². The van der Waals surface area contributed by atoms with Gasteiger partial charge in [-0.05, 0) is 67.3 Å². The van der Waals surface area contributed by atoms with Gasteiger partial charge in [0, 0.05) is 6.04 Å². The van der Waals surface area contributed by atoms with Crippen molar-refractivity contribution < 1.29 is 14.2 Å². The molecule has 128 valence electrons. The lowest BCUT2D eigenvalue weighted by atomic mass is 9.90. The molecule has 1 heterocycles. The maximum absolute atomic E-state index is 5.75. The van der Waals surface area contributed by atoms with Gasteiger partial charge in [0.2, 0.25) is 0 Å². The van der Waals surface area contributed by atoms with E-state index in [1.165, 1.54) is 16.7 Å². The number of ether oxygens (including phenoxy) is 3. The fraction of sp³-hybridized carbons (Fsp3) is 0.400. The van der Waals surface area contributed by atoms with Gasteiger partial charge in [-0.15, -0.1) is 0 Å². The molecule has 4 heteroatoms. The Balaban J connectivity index is 1.87. The first-order chi connectivity index (χ1) is 11.7. The van der Waals surface area contributed by atoms with Crippen LogP contribution in [0, 0.1) is 0 Å². The van der Waals surface area contributed by atoms with Crippen LogP contribution in [-0.4, -0.2) is 27.4 Å². The van der Waals surface area contributed by atoms with E-state index in [0.717, 1.165) is 36.6 Å². The lowest BCUT2D eigenvalue weighted by Crippen LogP contribution is -2.31. The highest BCUT2D eigenvalue weighted by Gasteiger charge is 2.23. The van der Waals surface area contributed by atoms with Crippen molar-refractivity contribution in [2.75, 3.05) is 27.4 Å². The number of benzene rings is 2. The third-order valence-corrected chi connectivity index (χ3v) is 4.48. The standard InChI is InChI=1S/C20H25NO3/c1-4-24-20-13-17-15(12-19(20)23-3)9-10-21-18(17)11-14-5-7-16(22-2)8-6-14/h5-8,12-13,18,21H,4,9-11H2,1-3H3. The predicted octanol–water partition coefficient (Wildman–Crippen LogP) is 3.53. The summed E-state index contributed by atoms with van der Waals surface area (Å²) < 4.78 is 16.5. The Kier molecular flexibility index (Phi) is 5.26. The number of hydrogen-bond acceptors (Lipinski definition) is 4. The molecule has 0 spiro atoms. The molecule has 0 saturated heterocycles. The summed E-state index contributed by atoms with van der Waals surface area (Å²) >= 11 is 0. The molecular formula is C20H25NO3. The second-order valence-corrected chi connectivity index (χ2v) is 5.94. The zero-order chi connectivity index (χ0) is 16.9. The average Bonchev–Trinajstić information content (AvgIpc) is 2.62. The molecule has 0 radical (unpaired) electrons. The Bertz CT molecular complexity index is 682. The van der Waals surface area contributed by atoms with E-state index < -0.39 is 0 Å². The van der Waals surface area contributed by atoms with Crippen molar-refractivity contribution in [3.8, 4) is 17.2 Å². The van der Waals surface area contributed by atoms with Crippen LogP contribution >= 0.6 is 0 Å². The van der Waals surface area contributed by atoms with E-state index in [0.29, 0.717) is 6.61 Å². The van der Waals surface area contributed by atoms with Crippen LogP contribution < -0.4 is 19.5 Å². The van der Waals surface area contributed by atoms with Crippen molar-refractivity contribution in [1.29, 1.82) is 0 Å². The molecule has 0 fully saturated rings. The normalized spacial score (nSPS) is 16.4. The zero-order valence-electron chi connectivity index (χ0n) is 14.6. The van der Waals surface area contributed by atoms with Crippen LogP contribution in [-0.2, 0) is 12.8 Å². The number of methoxy groups -OCH3 is 2. The highest BCUT2D eigenvalue weighted by Crippen LogP contribution is 2.36. The summed E-state index contributed by atoms with van der Waals surface area (Å²) in [6.45, 7) is 3.60. The molecule has 1 aliphatic heterocycles. The first-order valence-corrected chi connectivity index (χ1v) is 8.45. The number of nitrogens with one attached hydrogen (secondary N) is 1. The minimum absolute atomic E-state index is 0.284. The quantitative estimate of drug-likeness (QED) is 0.881. The van der Waals surface area contributed by atoms with E-state index >= 15 is 0 Å². The Morgan fingerprint density at radius 3 is 2.50 bits per heavy atom. The van der Waals surface area contributed by atoms with Gasteiger partial charge >= 0.3 is 0 Å². The summed E-state index contributed by atoms with van der Waals surface area (Å²) in [5.41, 5.74) is 3.93. The lowest BCUT2D eigenvalue weighted by Gasteiger charge is -2.28. The lowest BCUT2D eigenvalue weighted by molar-refractivity contribution is 0.309. The highest BCUT2D eigenvalue weighted by atomic mass is 16.5. The molecule has 1 atom stereocenters. The molecule has 3 rings (SSSR count). The third-order valence-electron chi connectivity index (χ3n) is 4.48. The van der Waals surface area contributed by atoms with Gasteiger partial charge < -0.3 is 19.5 Å². The number of fused-ring (bicyclic) bond motifs is 1. The fourth-order valence-corrected chi connectivity index (χ4v) is 3.26. The van der Waals surface area contributed by atoms with Crippen molar-refractivity contribution in [3.63, 3.8) is 0 Å². The summed E-state index contributed by atoms with van der Waals surface area (Å²) in [6, 6.07) is 12.8. The SMILES string of the molecule is CCOc1cc2c(cc1OC)CCNC2Cc1ccc(OC)cc1. The molecular weight excluding hydrogens is 302 g/mol. The Labute approximate surface area is 143 Å². The minimum Gasteiger partial charge on any atom is -0.497 e. The molecule has 0 aliphatic carbocycles. The topological polar surface area (TPSA) is 39.7 Å².